The number of carbonyl (C=O) groups is 2. The van der Waals surface area contributed by atoms with Gasteiger partial charge >= 0.3 is 5.97 Å². The molecule has 0 aromatic heterocycles. The lowest BCUT2D eigenvalue weighted by atomic mass is 10.0. The molecule has 0 spiro atoms. The number of aromatic carboxylic acids is 1. The maximum atomic E-state index is 12.2. The maximum absolute atomic E-state index is 12.2. The third-order valence-electron chi connectivity index (χ3n) is 3.49. The molecule has 114 valence electrons. The van der Waals surface area contributed by atoms with E-state index in [9.17, 15) is 9.59 Å². The fraction of sp³-hybridized carbons (Fsp3) is 0.429. The van der Waals surface area contributed by atoms with Crippen molar-refractivity contribution >= 4 is 29.2 Å². The Labute approximate surface area is 127 Å². The highest BCUT2D eigenvalue weighted by Gasteiger charge is 2.31. The molecule has 2 rings (SSSR count). The number of rotatable bonds is 4. The minimum absolute atomic E-state index is 0.0573. The number of hydrogen-bond acceptors (Lipinski definition) is 4. The number of nitrogens with one attached hydrogen (secondary N) is 1. The van der Waals surface area contributed by atoms with Crippen molar-refractivity contribution in [2.75, 3.05) is 19.0 Å². The largest absolute Gasteiger partial charge is 0.496 e. The first-order valence-corrected chi connectivity index (χ1v) is 6.85. The van der Waals surface area contributed by atoms with Gasteiger partial charge in [-0.05, 0) is 19.4 Å². The number of amides is 1. The van der Waals surface area contributed by atoms with Crippen molar-refractivity contribution in [2.24, 2.45) is 5.92 Å². The number of benzene rings is 1. The SMILES string of the molecule is COc1cc(NC(=O)C2CCOC2C)c(Cl)cc1C(=O)O. The van der Waals surface area contributed by atoms with Gasteiger partial charge in [0.25, 0.3) is 0 Å². The Balaban J connectivity index is 2.24. The Bertz CT molecular complexity index is 575. The molecule has 1 heterocycles. The van der Waals surface area contributed by atoms with Crippen LogP contribution < -0.4 is 10.1 Å². The molecule has 2 atom stereocenters. The van der Waals surface area contributed by atoms with Crippen LogP contribution in [-0.2, 0) is 9.53 Å². The Morgan fingerprint density at radius 1 is 1.48 bits per heavy atom. The van der Waals surface area contributed by atoms with Gasteiger partial charge in [0, 0.05) is 12.7 Å². The molecule has 1 saturated heterocycles. The van der Waals surface area contributed by atoms with Gasteiger partial charge in [0.2, 0.25) is 5.91 Å². The highest BCUT2D eigenvalue weighted by molar-refractivity contribution is 6.34. The smallest absolute Gasteiger partial charge is 0.339 e. The second-order valence-electron chi connectivity index (χ2n) is 4.80. The number of halogens is 1. The Morgan fingerprint density at radius 2 is 2.19 bits per heavy atom. The first-order valence-electron chi connectivity index (χ1n) is 6.47. The van der Waals surface area contributed by atoms with Gasteiger partial charge in [-0.15, -0.1) is 0 Å². The first kappa shape index (κ1) is 15.6. The summed E-state index contributed by atoms with van der Waals surface area (Å²) < 4.78 is 10.4. The molecule has 0 saturated carbocycles. The predicted octanol–water partition coefficient (Wildman–Crippen LogP) is 2.41. The van der Waals surface area contributed by atoms with Crippen LogP contribution in [0.25, 0.3) is 0 Å². The van der Waals surface area contributed by atoms with Gasteiger partial charge in [0.1, 0.15) is 11.3 Å². The highest BCUT2D eigenvalue weighted by atomic mass is 35.5. The summed E-state index contributed by atoms with van der Waals surface area (Å²) in [5.74, 6) is -1.46. The zero-order valence-electron chi connectivity index (χ0n) is 11.7. The first-order chi connectivity index (χ1) is 9.93. The van der Waals surface area contributed by atoms with Gasteiger partial charge in [0.15, 0.2) is 0 Å². The number of carboxylic acid groups (broad SMARTS) is 1. The standard InChI is InChI=1S/C14H16ClNO5/c1-7-8(3-4-21-7)13(17)16-11-6-12(20-2)9(14(18)19)5-10(11)15/h5-8H,3-4H2,1-2H3,(H,16,17)(H,18,19). The average molecular weight is 314 g/mol. The van der Waals surface area contributed by atoms with E-state index in [1.54, 1.807) is 0 Å². The summed E-state index contributed by atoms with van der Waals surface area (Å²) in [6.07, 6.45) is 0.499. The van der Waals surface area contributed by atoms with Crippen LogP contribution in [0.15, 0.2) is 12.1 Å². The molecule has 1 amide bonds. The lowest BCUT2D eigenvalue weighted by Crippen LogP contribution is -2.27. The number of methoxy groups -OCH3 is 1. The molecule has 1 aliphatic heterocycles. The Kier molecular flexibility index (Phi) is 4.69. The molecule has 0 radical (unpaired) electrons. The van der Waals surface area contributed by atoms with Gasteiger partial charge in [-0.2, -0.15) is 0 Å². The number of hydrogen-bond donors (Lipinski definition) is 2. The second kappa shape index (κ2) is 6.32. The van der Waals surface area contributed by atoms with Gasteiger partial charge in [-0.25, -0.2) is 4.79 Å². The quantitative estimate of drug-likeness (QED) is 0.891. The summed E-state index contributed by atoms with van der Waals surface area (Å²) in [6, 6.07) is 2.66. The zero-order chi connectivity index (χ0) is 15.6. The Morgan fingerprint density at radius 3 is 2.71 bits per heavy atom. The van der Waals surface area contributed by atoms with E-state index >= 15 is 0 Å². The van der Waals surface area contributed by atoms with Crippen LogP contribution in [0.4, 0.5) is 5.69 Å². The van der Waals surface area contributed by atoms with E-state index in [2.05, 4.69) is 5.32 Å². The molecule has 1 aromatic rings. The van der Waals surface area contributed by atoms with E-state index in [1.807, 2.05) is 6.92 Å². The molecular formula is C14H16ClNO5. The van der Waals surface area contributed by atoms with Crippen LogP contribution >= 0.6 is 11.6 Å². The van der Waals surface area contributed by atoms with E-state index in [4.69, 9.17) is 26.2 Å². The summed E-state index contributed by atoms with van der Waals surface area (Å²) >= 11 is 6.02. The van der Waals surface area contributed by atoms with Crippen LogP contribution in [0.1, 0.15) is 23.7 Å². The monoisotopic (exact) mass is 313 g/mol. The topological polar surface area (TPSA) is 84.9 Å². The van der Waals surface area contributed by atoms with Crippen LogP contribution in [0.3, 0.4) is 0 Å². The molecule has 1 aromatic carbocycles. The van der Waals surface area contributed by atoms with Crippen LogP contribution in [0, 0.1) is 5.92 Å². The van der Waals surface area contributed by atoms with E-state index in [-0.39, 0.29) is 34.3 Å². The summed E-state index contributed by atoms with van der Waals surface area (Å²) in [5.41, 5.74) is 0.265. The summed E-state index contributed by atoms with van der Waals surface area (Å²) in [6.45, 7) is 2.39. The molecule has 0 aliphatic carbocycles. The van der Waals surface area contributed by atoms with E-state index < -0.39 is 5.97 Å². The molecule has 6 nitrogen and oxygen atoms in total. The molecule has 2 unspecified atom stereocenters. The van der Waals surface area contributed by atoms with Crippen molar-refractivity contribution < 1.29 is 24.2 Å². The number of carboxylic acids is 1. The van der Waals surface area contributed by atoms with Crippen molar-refractivity contribution in [3.05, 3.63) is 22.7 Å². The van der Waals surface area contributed by atoms with Gasteiger partial charge in [-0.3, -0.25) is 4.79 Å². The highest BCUT2D eigenvalue weighted by Crippen LogP contribution is 2.32. The van der Waals surface area contributed by atoms with Crippen LogP contribution in [0.2, 0.25) is 5.02 Å². The molecule has 0 bridgehead atoms. The van der Waals surface area contributed by atoms with Crippen molar-refractivity contribution in [2.45, 2.75) is 19.4 Å². The molecule has 1 aliphatic rings. The summed E-state index contributed by atoms with van der Waals surface area (Å²) in [7, 11) is 1.36. The fourth-order valence-corrected chi connectivity index (χ4v) is 2.50. The second-order valence-corrected chi connectivity index (χ2v) is 5.21. The van der Waals surface area contributed by atoms with Crippen molar-refractivity contribution in [1.82, 2.24) is 0 Å². The lowest BCUT2D eigenvalue weighted by molar-refractivity contribution is -0.121. The van der Waals surface area contributed by atoms with Gasteiger partial charge < -0.3 is 19.9 Å². The predicted molar refractivity (Wildman–Crippen MR) is 77.1 cm³/mol. The molecule has 2 N–H and O–H groups in total. The minimum Gasteiger partial charge on any atom is -0.496 e. The van der Waals surface area contributed by atoms with Crippen LogP contribution in [0.5, 0.6) is 5.75 Å². The minimum atomic E-state index is -1.15. The summed E-state index contributed by atoms with van der Waals surface area (Å²) in [4.78, 5) is 23.3. The average Bonchev–Trinajstić information content (AvgIpc) is 2.86. The maximum Gasteiger partial charge on any atom is 0.339 e. The van der Waals surface area contributed by atoms with Crippen molar-refractivity contribution in [1.29, 1.82) is 0 Å². The van der Waals surface area contributed by atoms with Gasteiger partial charge in [-0.1, -0.05) is 11.6 Å². The van der Waals surface area contributed by atoms with Gasteiger partial charge in [0.05, 0.1) is 29.8 Å². The van der Waals surface area contributed by atoms with Crippen LogP contribution in [-0.4, -0.2) is 36.8 Å². The molecule has 21 heavy (non-hydrogen) atoms. The Hall–Kier alpha value is -1.79. The molecular weight excluding hydrogens is 298 g/mol. The number of ether oxygens (including phenoxy) is 2. The third kappa shape index (κ3) is 3.28. The van der Waals surface area contributed by atoms with Crippen molar-refractivity contribution in [3.63, 3.8) is 0 Å². The van der Waals surface area contributed by atoms with E-state index in [0.717, 1.165) is 0 Å². The molecule has 1 fully saturated rings. The number of anilines is 1. The zero-order valence-corrected chi connectivity index (χ0v) is 12.4. The third-order valence-corrected chi connectivity index (χ3v) is 3.80. The fourth-order valence-electron chi connectivity index (χ4n) is 2.29. The summed E-state index contributed by atoms with van der Waals surface area (Å²) in [5, 5.41) is 11.9. The lowest BCUT2D eigenvalue weighted by Gasteiger charge is -2.16. The van der Waals surface area contributed by atoms with E-state index in [1.165, 1.54) is 19.2 Å². The van der Waals surface area contributed by atoms with Crippen molar-refractivity contribution in [3.8, 4) is 5.75 Å². The van der Waals surface area contributed by atoms with E-state index in [0.29, 0.717) is 18.7 Å². The molecule has 7 heteroatoms. The normalized spacial score (nSPS) is 21.1. The number of carbonyl (C=O) groups excluding carboxylic acids is 1.